The number of ether oxygens (including phenoxy) is 1. The molecule has 0 atom stereocenters. The summed E-state index contributed by atoms with van der Waals surface area (Å²) in [5, 5.41) is 0. The molecular formula is C11H17NO2. The molecule has 1 aromatic rings. The molecule has 1 N–H and O–H groups in total. The Hall–Kier alpha value is -1.25. The smallest absolute Gasteiger partial charge is 0.355 e. The van der Waals surface area contributed by atoms with Crippen molar-refractivity contribution < 1.29 is 9.53 Å². The largest absolute Gasteiger partial charge is 0.461 e. The van der Waals surface area contributed by atoms with E-state index >= 15 is 0 Å². The summed E-state index contributed by atoms with van der Waals surface area (Å²) in [6, 6.07) is 0. The summed E-state index contributed by atoms with van der Waals surface area (Å²) in [5.74, 6) is -0.257. The van der Waals surface area contributed by atoms with Gasteiger partial charge in [0.1, 0.15) is 5.69 Å². The average molecular weight is 195 g/mol. The molecule has 1 heterocycles. The normalized spacial score (nSPS) is 10.3. The number of nitrogens with one attached hydrogen (secondary N) is 1. The molecular weight excluding hydrogens is 178 g/mol. The lowest BCUT2D eigenvalue weighted by Gasteiger charge is -2.00. The summed E-state index contributed by atoms with van der Waals surface area (Å²) in [5.41, 5.74) is 3.89. The molecule has 0 radical (unpaired) electrons. The number of aromatic amines is 1. The molecule has 0 amide bonds. The van der Waals surface area contributed by atoms with Crippen LogP contribution in [-0.4, -0.2) is 17.6 Å². The van der Waals surface area contributed by atoms with Gasteiger partial charge in [-0.2, -0.15) is 0 Å². The van der Waals surface area contributed by atoms with Crippen LogP contribution in [-0.2, 0) is 11.2 Å². The number of carbonyl (C=O) groups excluding carboxylic acids is 1. The monoisotopic (exact) mass is 195 g/mol. The van der Waals surface area contributed by atoms with Crippen LogP contribution in [0.1, 0.15) is 41.2 Å². The van der Waals surface area contributed by atoms with Crippen LogP contribution in [0.2, 0.25) is 0 Å². The molecule has 0 unspecified atom stereocenters. The van der Waals surface area contributed by atoms with Crippen molar-refractivity contribution in [3.63, 3.8) is 0 Å². The van der Waals surface area contributed by atoms with E-state index in [9.17, 15) is 4.79 Å². The van der Waals surface area contributed by atoms with Crippen LogP contribution in [0.25, 0.3) is 0 Å². The lowest BCUT2D eigenvalue weighted by molar-refractivity contribution is 0.0519. The van der Waals surface area contributed by atoms with Gasteiger partial charge in [0.05, 0.1) is 6.61 Å². The fourth-order valence-electron chi connectivity index (χ4n) is 1.73. The number of hydrogen-bond acceptors (Lipinski definition) is 2. The van der Waals surface area contributed by atoms with Crippen LogP contribution in [0, 0.1) is 13.8 Å². The number of esters is 1. The topological polar surface area (TPSA) is 42.1 Å². The number of hydrogen-bond donors (Lipinski definition) is 1. The first-order valence-electron chi connectivity index (χ1n) is 4.96. The van der Waals surface area contributed by atoms with Crippen molar-refractivity contribution in [2.45, 2.75) is 34.1 Å². The molecule has 1 aromatic heterocycles. The minimum Gasteiger partial charge on any atom is -0.461 e. The highest BCUT2D eigenvalue weighted by atomic mass is 16.5. The van der Waals surface area contributed by atoms with Crippen molar-refractivity contribution in [2.24, 2.45) is 0 Å². The van der Waals surface area contributed by atoms with Crippen molar-refractivity contribution in [1.29, 1.82) is 0 Å². The molecule has 0 saturated carbocycles. The van der Waals surface area contributed by atoms with Gasteiger partial charge in [-0.05, 0) is 38.3 Å². The molecule has 1 rings (SSSR count). The molecule has 0 aromatic carbocycles. The molecule has 78 valence electrons. The highest BCUT2D eigenvalue weighted by Crippen LogP contribution is 2.18. The maximum absolute atomic E-state index is 11.5. The summed E-state index contributed by atoms with van der Waals surface area (Å²) >= 11 is 0. The fourth-order valence-corrected chi connectivity index (χ4v) is 1.73. The highest BCUT2D eigenvalue weighted by Gasteiger charge is 2.16. The van der Waals surface area contributed by atoms with Gasteiger partial charge in [-0.3, -0.25) is 0 Å². The Balaban J connectivity index is 3.04. The molecule has 0 spiro atoms. The zero-order chi connectivity index (χ0) is 10.7. The van der Waals surface area contributed by atoms with E-state index in [0.29, 0.717) is 12.3 Å². The summed E-state index contributed by atoms with van der Waals surface area (Å²) in [7, 11) is 0. The second-order valence-electron chi connectivity index (χ2n) is 3.30. The molecule has 0 aliphatic carbocycles. The Labute approximate surface area is 84.5 Å². The summed E-state index contributed by atoms with van der Waals surface area (Å²) in [6.07, 6.45) is 0.938. The Morgan fingerprint density at radius 3 is 2.43 bits per heavy atom. The third-order valence-electron chi connectivity index (χ3n) is 2.43. The molecule has 14 heavy (non-hydrogen) atoms. The van der Waals surface area contributed by atoms with E-state index in [1.165, 1.54) is 5.56 Å². The van der Waals surface area contributed by atoms with Gasteiger partial charge >= 0.3 is 5.97 Å². The predicted molar refractivity (Wildman–Crippen MR) is 55.6 cm³/mol. The van der Waals surface area contributed by atoms with E-state index < -0.39 is 0 Å². The van der Waals surface area contributed by atoms with Crippen molar-refractivity contribution in [3.05, 3.63) is 22.5 Å². The van der Waals surface area contributed by atoms with E-state index in [1.54, 1.807) is 0 Å². The summed E-state index contributed by atoms with van der Waals surface area (Å²) < 4.78 is 4.95. The average Bonchev–Trinajstić information content (AvgIpc) is 2.42. The second-order valence-corrected chi connectivity index (χ2v) is 3.30. The van der Waals surface area contributed by atoms with E-state index in [2.05, 4.69) is 11.9 Å². The van der Waals surface area contributed by atoms with Gasteiger partial charge in [0, 0.05) is 5.69 Å². The van der Waals surface area contributed by atoms with Gasteiger partial charge in [0.25, 0.3) is 0 Å². The molecule has 3 heteroatoms. The van der Waals surface area contributed by atoms with Crippen LogP contribution in [0.4, 0.5) is 0 Å². The van der Waals surface area contributed by atoms with Crippen LogP contribution in [0.3, 0.4) is 0 Å². The zero-order valence-electron chi connectivity index (χ0n) is 9.23. The third kappa shape index (κ3) is 1.81. The van der Waals surface area contributed by atoms with E-state index in [4.69, 9.17) is 4.74 Å². The maximum atomic E-state index is 11.5. The van der Waals surface area contributed by atoms with Crippen LogP contribution < -0.4 is 0 Å². The summed E-state index contributed by atoms with van der Waals surface area (Å²) in [4.78, 5) is 14.6. The molecule has 0 bridgehead atoms. The first-order chi connectivity index (χ1) is 6.61. The molecule has 0 saturated heterocycles. The third-order valence-corrected chi connectivity index (χ3v) is 2.43. The number of carbonyl (C=O) groups is 1. The fraction of sp³-hybridized carbons (Fsp3) is 0.545. The van der Waals surface area contributed by atoms with E-state index in [-0.39, 0.29) is 5.97 Å². The number of aryl methyl sites for hydroxylation is 1. The lowest BCUT2D eigenvalue weighted by Crippen LogP contribution is -2.06. The standard InChI is InChI=1S/C11H17NO2/c1-5-9-7(3)10(12-8(9)4)11(13)14-6-2/h12H,5-6H2,1-4H3. The maximum Gasteiger partial charge on any atom is 0.355 e. The van der Waals surface area contributed by atoms with E-state index in [1.807, 2.05) is 20.8 Å². The Kier molecular flexibility index (Phi) is 3.33. The predicted octanol–water partition coefficient (Wildman–Crippen LogP) is 2.37. The Bertz CT molecular complexity index is 339. The van der Waals surface area contributed by atoms with Crippen molar-refractivity contribution in [1.82, 2.24) is 4.98 Å². The Morgan fingerprint density at radius 1 is 1.36 bits per heavy atom. The Morgan fingerprint density at radius 2 is 2.00 bits per heavy atom. The van der Waals surface area contributed by atoms with Gasteiger partial charge in [0.2, 0.25) is 0 Å². The van der Waals surface area contributed by atoms with Crippen LogP contribution in [0.15, 0.2) is 0 Å². The van der Waals surface area contributed by atoms with E-state index in [0.717, 1.165) is 17.7 Å². The molecule has 0 aliphatic rings. The van der Waals surface area contributed by atoms with Crippen LogP contribution in [0.5, 0.6) is 0 Å². The van der Waals surface area contributed by atoms with Gasteiger partial charge in [0.15, 0.2) is 0 Å². The first-order valence-corrected chi connectivity index (χ1v) is 4.96. The molecule has 0 aliphatic heterocycles. The quantitative estimate of drug-likeness (QED) is 0.752. The SMILES string of the molecule is CCOC(=O)c1[nH]c(C)c(CC)c1C. The van der Waals surface area contributed by atoms with Crippen molar-refractivity contribution in [3.8, 4) is 0 Å². The zero-order valence-corrected chi connectivity index (χ0v) is 9.23. The number of rotatable bonds is 3. The van der Waals surface area contributed by atoms with Gasteiger partial charge in [-0.1, -0.05) is 6.92 Å². The second kappa shape index (κ2) is 4.31. The van der Waals surface area contributed by atoms with Gasteiger partial charge in [-0.15, -0.1) is 0 Å². The lowest BCUT2D eigenvalue weighted by atomic mass is 10.1. The minimum absolute atomic E-state index is 0.257. The van der Waals surface area contributed by atoms with Crippen molar-refractivity contribution in [2.75, 3.05) is 6.61 Å². The minimum atomic E-state index is -0.257. The van der Waals surface area contributed by atoms with Crippen molar-refractivity contribution >= 4 is 5.97 Å². The summed E-state index contributed by atoms with van der Waals surface area (Å²) in [6.45, 7) is 8.24. The number of H-pyrrole nitrogens is 1. The first kappa shape index (κ1) is 10.8. The highest BCUT2D eigenvalue weighted by molar-refractivity contribution is 5.89. The van der Waals surface area contributed by atoms with Gasteiger partial charge < -0.3 is 9.72 Å². The molecule has 3 nitrogen and oxygen atoms in total. The molecule has 0 fully saturated rings. The number of aromatic nitrogens is 1. The van der Waals surface area contributed by atoms with Gasteiger partial charge in [-0.25, -0.2) is 4.79 Å². The van der Waals surface area contributed by atoms with Crippen LogP contribution >= 0.6 is 0 Å².